The number of carbonyl (C=O) groups is 2. The molecule has 0 N–H and O–H groups in total. The summed E-state index contributed by atoms with van der Waals surface area (Å²) >= 11 is 0. The van der Waals surface area contributed by atoms with Gasteiger partial charge in [-0.2, -0.15) is 0 Å². The van der Waals surface area contributed by atoms with Crippen LogP contribution in [0.15, 0.2) is 11.3 Å². The fourth-order valence-electron chi connectivity index (χ4n) is 4.21. The Morgan fingerprint density at radius 2 is 1.80 bits per heavy atom. The first-order chi connectivity index (χ1) is 9.32. The van der Waals surface area contributed by atoms with Crippen LogP contribution in [-0.4, -0.2) is 28.9 Å². The predicted octanol–water partition coefficient (Wildman–Crippen LogP) is 2.39. The van der Waals surface area contributed by atoms with Crippen LogP contribution < -0.4 is 0 Å². The molecular formula is C16H21NO3. The number of Topliss-reactive ketones (excluding diaryl/α,β-unsaturated/α-hetero) is 1. The number of carbonyl (C=O) groups excluding carboxylic acids is 2. The fourth-order valence-corrected chi connectivity index (χ4v) is 4.21. The van der Waals surface area contributed by atoms with Crippen LogP contribution in [-0.2, 0) is 14.3 Å². The van der Waals surface area contributed by atoms with Crippen LogP contribution in [0.1, 0.15) is 52.9 Å². The molecule has 0 aromatic carbocycles. The van der Waals surface area contributed by atoms with Gasteiger partial charge in [-0.3, -0.25) is 9.59 Å². The number of likely N-dealkylation sites (tertiary alicyclic amines) is 1. The molecule has 1 saturated carbocycles. The van der Waals surface area contributed by atoms with Gasteiger partial charge in [-0.15, -0.1) is 0 Å². The van der Waals surface area contributed by atoms with Crippen molar-refractivity contribution in [1.29, 1.82) is 0 Å². The van der Waals surface area contributed by atoms with Gasteiger partial charge in [0.15, 0.2) is 12.0 Å². The SMILES string of the molecule is CC1(C)CC(=O)C2=C(C1)OC1N(C3CC3)C(=O)CC21C. The zero-order valence-corrected chi connectivity index (χ0v) is 12.4. The normalized spacial score (nSPS) is 39.0. The Morgan fingerprint density at radius 1 is 1.10 bits per heavy atom. The number of ketones is 1. The van der Waals surface area contributed by atoms with Crippen LogP contribution in [0, 0.1) is 10.8 Å². The Bertz CT molecular complexity index is 558. The van der Waals surface area contributed by atoms with E-state index in [1.165, 1.54) is 0 Å². The molecule has 2 atom stereocenters. The van der Waals surface area contributed by atoms with Gasteiger partial charge < -0.3 is 9.64 Å². The maximum absolute atomic E-state index is 12.6. The quantitative estimate of drug-likeness (QED) is 0.738. The molecule has 20 heavy (non-hydrogen) atoms. The molecule has 0 spiro atoms. The Labute approximate surface area is 119 Å². The summed E-state index contributed by atoms with van der Waals surface area (Å²) < 4.78 is 6.15. The van der Waals surface area contributed by atoms with E-state index in [0.717, 1.165) is 30.6 Å². The van der Waals surface area contributed by atoms with Crippen molar-refractivity contribution in [2.75, 3.05) is 0 Å². The van der Waals surface area contributed by atoms with Crippen LogP contribution in [0.3, 0.4) is 0 Å². The second-order valence-electron chi connectivity index (χ2n) is 7.84. The van der Waals surface area contributed by atoms with Crippen LogP contribution in [0.25, 0.3) is 0 Å². The van der Waals surface area contributed by atoms with Gasteiger partial charge in [-0.25, -0.2) is 0 Å². The molecule has 1 amide bonds. The molecule has 0 aromatic heterocycles. The van der Waals surface area contributed by atoms with Crippen molar-refractivity contribution in [2.45, 2.75) is 65.1 Å². The number of allylic oxidation sites excluding steroid dienone is 1. The van der Waals surface area contributed by atoms with Crippen molar-refractivity contribution < 1.29 is 14.3 Å². The van der Waals surface area contributed by atoms with Crippen molar-refractivity contribution >= 4 is 11.7 Å². The molecule has 108 valence electrons. The van der Waals surface area contributed by atoms with Gasteiger partial charge in [0.25, 0.3) is 0 Å². The molecule has 2 aliphatic carbocycles. The fraction of sp³-hybridized carbons (Fsp3) is 0.750. The third kappa shape index (κ3) is 1.48. The molecule has 2 aliphatic heterocycles. The van der Waals surface area contributed by atoms with Crippen molar-refractivity contribution in [3.8, 4) is 0 Å². The van der Waals surface area contributed by atoms with Gasteiger partial charge in [0.05, 0.1) is 5.41 Å². The molecule has 1 saturated heterocycles. The summed E-state index contributed by atoms with van der Waals surface area (Å²) in [5, 5.41) is 0. The second kappa shape index (κ2) is 3.46. The first-order valence-electron chi connectivity index (χ1n) is 7.56. The predicted molar refractivity (Wildman–Crippen MR) is 72.5 cm³/mol. The summed E-state index contributed by atoms with van der Waals surface area (Å²) in [6.45, 7) is 6.26. The lowest BCUT2D eigenvalue weighted by atomic mass is 9.69. The van der Waals surface area contributed by atoms with Gasteiger partial charge in [-0.05, 0) is 25.2 Å². The van der Waals surface area contributed by atoms with Crippen LogP contribution >= 0.6 is 0 Å². The zero-order chi connectivity index (χ0) is 14.3. The topological polar surface area (TPSA) is 46.6 Å². The number of rotatable bonds is 1. The molecule has 0 bridgehead atoms. The van der Waals surface area contributed by atoms with E-state index >= 15 is 0 Å². The maximum Gasteiger partial charge on any atom is 0.226 e. The number of fused-ring (bicyclic) bond motifs is 2. The Morgan fingerprint density at radius 3 is 2.45 bits per heavy atom. The number of hydrogen-bond donors (Lipinski definition) is 0. The number of hydrogen-bond acceptors (Lipinski definition) is 3. The minimum Gasteiger partial charge on any atom is -0.473 e. The third-order valence-corrected chi connectivity index (χ3v) is 5.21. The van der Waals surface area contributed by atoms with E-state index in [9.17, 15) is 9.59 Å². The molecule has 4 heteroatoms. The van der Waals surface area contributed by atoms with Gasteiger partial charge >= 0.3 is 0 Å². The maximum atomic E-state index is 12.6. The molecule has 4 aliphatic rings. The molecular weight excluding hydrogens is 254 g/mol. The van der Waals surface area contributed by atoms with Crippen LogP contribution in [0.5, 0.6) is 0 Å². The highest BCUT2D eigenvalue weighted by Gasteiger charge is 2.62. The average Bonchev–Trinajstić information content (AvgIpc) is 3.00. The van der Waals surface area contributed by atoms with Crippen molar-refractivity contribution in [3.05, 3.63) is 11.3 Å². The van der Waals surface area contributed by atoms with Crippen molar-refractivity contribution in [1.82, 2.24) is 4.90 Å². The largest absolute Gasteiger partial charge is 0.473 e. The van der Waals surface area contributed by atoms with E-state index in [4.69, 9.17) is 4.74 Å². The van der Waals surface area contributed by atoms with E-state index in [-0.39, 0.29) is 23.3 Å². The molecule has 2 unspecified atom stereocenters. The number of amides is 1. The molecule has 0 aromatic rings. The Hall–Kier alpha value is -1.32. The van der Waals surface area contributed by atoms with Gasteiger partial charge in [0.2, 0.25) is 5.91 Å². The van der Waals surface area contributed by atoms with Gasteiger partial charge in [0.1, 0.15) is 5.76 Å². The van der Waals surface area contributed by atoms with Gasteiger partial charge in [-0.1, -0.05) is 13.8 Å². The Balaban J connectivity index is 1.75. The Kier molecular flexibility index (Phi) is 2.15. The first kappa shape index (κ1) is 12.4. The molecule has 2 fully saturated rings. The highest BCUT2D eigenvalue weighted by atomic mass is 16.5. The van der Waals surface area contributed by atoms with E-state index in [2.05, 4.69) is 13.8 Å². The molecule has 4 nitrogen and oxygen atoms in total. The zero-order valence-electron chi connectivity index (χ0n) is 12.4. The summed E-state index contributed by atoms with van der Waals surface area (Å²) in [6.07, 6.45) is 3.73. The smallest absolute Gasteiger partial charge is 0.226 e. The summed E-state index contributed by atoms with van der Waals surface area (Å²) in [5.74, 6) is 1.20. The molecule has 4 rings (SSSR count). The van der Waals surface area contributed by atoms with E-state index in [1.807, 2.05) is 11.8 Å². The minimum absolute atomic E-state index is 0.0284. The summed E-state index contributed by atoms with van der Waals surface area (Å²) in [4.78, 5) is 26.8. The third-order valence-electron chi connectivity index (χ3n) is 5.21. The van der Waals surface area contributed by atoms with E-state index in [0.29, 0.717) is 18.9 Å². The summed E-state index contributed by atoms with van der Waals surface area (Å²) in [7, 11) is 0. The standard InChI is InChI=1S/C16H21NO3/c1-15(2)6-10(18)13-11(7-15)20-14-16(13,3)8-12(19)17(14)9-4-5-9/h9,14H,4-8H2,1-3H3. The number of nitrogens with zero attached hydrogens (tertiary/aromatic N) is 1. The minimum atomic E-state index is -0.414. The summed E-state index contributed by atoms with van der Waals surface area (Å²) in [5.41, 5.74) is 0.375. The monoisotopic (exact) mass is 275 g/mol. The van der Waals surface area contributed by atoms with Gasteiger partial charge in [0, 0.05) is 30.9 Å². The van der Waals surface area contributed by atoms with E-state index < -0.39 is 5.41 Å². The number of ether oxygens (including phenoxy) is 1. The lowest BCUT2D eigenvalue weighted by molar-refractivity contribution is -0.135. The highest BCUT2D eigenvalue weighted by molar-refractivity contribution is 6.01. The second-order valence-corrected chi connectivity index (χ2v) is 7.84. The first-order valence-corrected chi connectivity index (χ1v) is 7.56. The lowest BCUT2D eigenvalue weighted by Gasteiger charge is -2.30. The highest BCUT2D eigenvalue weighted by Crippen LogP contribution is 2.57. The van der Waals surface area contributed by atoms with Crippen molar-refractivity contribution in [3.63, 3.8) is 0 Å². The van der Waals surface area contributed by atoms with Crippen LogP contribution in [0.2, 0.25) is 0 Å². The molecule has 2 heterocycles. The van der Waals surface area contributed by atoms with E-state index in [1.54, 1.807) is 0 Å². The average molecular weight is 275 g/mol. The summed E-state index contributed by atoms with van der Waals surface area (Å²) in [6, 6.07) is 0.346. The lowest BCUT2D eigenvalue weighted by Crippen LogP contribution is -2.40. The van der Waals surface area contributed by atoms with Crippen molar-refractivity contribution in [2.24, 2.45) is 10.8 Å². The van der Waals surface area contributed by atoms with Crippen LogP contribution in [0.4, 0.5) is 0 Å². The molecule has 0 radical (unpaired) electrons.